The first-order valence-electron chi connectivity index (χ1n) is 3.57. The fourth-order valence-electron chi connectivity index (χ4n) is 0.815. The van der Waals surface area contributed by atoms with Crippen molar-refractivity contribution in [1.82, 2.24) is 15.0 Å². The summed E-state index contributed by atoms with van der Waals surface area (Å²) in [5, 5.41) is 2.04. The second-order valence-corrected chi connectivity index (χ2v) is 5.70. The van der Waals surface area contributed by atoms with Gasteiger partial charge < -0.3 is 4.98 Å². The minimum atomic E-state index is 0.865. The smallest absolute Gasteiger partial charge is 0.165 e. The lowest BCUT2D eigenvalue weighted by Crippen LogP contribution is -1.78. The maximum Gasteiger partial charge on any atom is 0.165 e. The van der Waals surface area contributed by atoms with E-state index < -0.39 is 0 Å². The first-order chi connectivity index (χ1) is 6.34. The summed E-state index contributed by atoms with van der Waals surface area (Å²) in [5.74, 6) is 0.865. The molecule has 0 radical (unpaired) electrons. The van der Waals surface area contributed by atoms with E-state index in [-0.39, 0.29) is 0 Å². The Hall–Kier alpha value is -0.330. The number of halogens is 1. The molecule has 2 rings (SSSR count). The molecule has 3 nitrogen and oxygen atoms in total. The molecule has 0 aliphatic carbocycles. The van der Waals surface area contributed by atoms with Crippen molar-refractivity contribution >= 4 is 39.0 Å². The number of aromatic amines is 1. The Balaban J connectivity index is 1.93. The van der Waals surface area contributed by atoms with E-state index in [4.69, 9.17) is 0 Å². The molecule has 2 heterocycles. The van der Waals surface area contributed by atoms with Crippen LogP contribution in [0.4, 0.5) is 0 Å². The van der Waals surface area contributed by atoms with Crippen LogP contribution in [0, 0.1) is 0 Å². The van der Waals surface area contributed by atoms with E-state index in [1.165, 1.54) is 0 Å². The van der Waals surface area contributed by atoms with Crippen LogP contribution in [0.25, 0.3) is 0 Å². The van der Waals surface area contributed by atoms with Crippen LogP contribution >= 0.6 is 39.0 Å². The monoisotopic (exact) mass is 275 g/mol. The van der Waals surface area contributed by atoms with Gasteiger partial charge in [-0.1, -0.05) is 11.8 Å². The number of aromatic nitrogens is 3. The van der Waals surface area contributed by atoms with Crippen molar-refractivity contribution in [2.24, 2.45) is 0 Å². The normalized spacial score (nSPS) is 10.5. The molecule has 1 N–H and O–H groups in total. The van der Waals surface area contributed by atoms with Gasteiger partial charge in [-0.05, 0) is 15.9 Å². The SMILES string of the molecule is Brc1cnc(CSc2ncc[nH]2)s1. The van der Waals surface area contributed by atoms with Crippen LogP contribution in [0.1, 0.15) is 5.01 Å². The number of hydrogen-bond donors (Lipinski definition) is 1. The number of thioether (sulfide) groups is 1. The Labute approximate surface area is 92.1 Å². The predicted octanol–water partition coefficient (Wildman–Crippen LogP) is 2.92. The Kier molecular flexibility index (Phi) is 3.02. The summed E-state index contributed by atoms with van der Waals surface area (Å²) in [5.41, 5.74) is 0. The highest BCUT2D eigenvalue weighted by Gasteiger charge is 2.01. The molecular formula is C7H6BrN3S2. The topological polar surface area (TPSA) is 41.6 Å². The predicted molar refractivity (Wildman–Crippen MR) is 58.0 cm³/mol. The first kappa shape index (κ1) is 9.23. The van der Waals surface area contributed by atoms with Gasteiger partial charge in [0.05, 0.1) is 15.7 Å². The maximum absolute atomic E-state index is 4.22. The highest BCUT2D eigenvalue weighted by molar-refractivity contribution is 9.11. The molecule has 0 aromatic carbocycles. The van der Waals surface area contributed by atoms with E-state index in [1.54, 1.807) is 29.3 Å². The van der Waals surface area contributed by atoms with Crippen molar-refractivity contribution in [3.8, 4) is 0 Å². The number of nitrogens with one attached hydrogen (secondary N) is 1. The van der Waals surface area contributed by atoms with Crippen LogP contribution < -0.4 is 0 Å². The Morgan fingerprint density at radius 2 is 2.46 bits per heavy atom. The van der Waals surface area contributed by atoms with Gasteiger partial charge in [0.1, 0.15) is 5.01 Å². The summed E-state index contributed by atoms with van der Waals surface area (Å²) in [6.07, 6.45) is 5.39. The minimum absolute atomic E-state index is 0.865. The summed E-state index contributed by atoms with van der Waals surface area (Å²) in [4.78, 5) is 11.4. The lowest BCUT2D eigenvalue weighted by Gasteiger charge is -1.91. The Bertz CT molecular complexity index is 371. The highest BCUT2D eigenvalue weighted by atomic mass is 79.9. The van der Waals surface area contributed by atoms with E-state index in [2.05, 4.69) is 30.9 Å². The molecule has 13 heavy (non-hydrogen) atoms. The van der Waals surface area contributed by atoms with Crippen LogP contribution in [0.2, 0.25) is 0 Å². The zero-order chi connectivity index (χ0) is 9.10. The molecule has 0 saturated heterocycles. The molecule has 2 aromatic rings. The van der Waals surface area contributed by atoms with Crippen molar-refractivity contribution in [2.75, 3.05) is 0 Å². The quantitative estimate of drug-likeness (QED) is 0.876. The van der Waals surface area contributed by atoms with E-state index in [0.717, 1.165) is 19.7 Å². The Morgan fingerprint density at radius 1 is 1.54 bits per heavy atom. The summed E-state index contributed by atoms with van der Waals surface area (Å²) in [6, 6.07) is 0. The van der Waals surface area contributed by atoms with Crippen molar-refractivity contribution in [3.63, 3.8) is 0 Å². The van der Waals surface area contributed by atoms with Gasteiger partial charge in [0.15, 0.2) is 5.16 Å². The molecule has 0 unspecified atom stereocenters. The van der Waals surface area contributed by atoms with E-state index in [0.29, 0.717) is 0 Å². The first-order valence-corrected chi connectivity index (χ1v) is 6.16. The van der Waals surface area contributed by atoms with E-state index in [1.807, 2.05) is 12.4 Å². The third-order valence-corrected chi connectivity index (χ3v) is 3.90. The van der Waals surface area contributed by atoms with E-state index >= 15 is 0 Å². The molecule has 0 saturated carbocycles. The van der Waals surface area contributed by atoms with Crippen LogP contribution in [-0.4, -0.2) is 15.0 Å². The van der Waals surface area contributed by atoms with E-state index in [9.17, 15) is 0 Å². The second kappa shape index (κ2) is 4.26. The van der Waals surface area contributed by atoms with Gasteiger partial charge in [-0.3, -0.25) is 0 Å². The maximum atomic E-state index is 4.22. The van der Waals surface area contributed by atoms with Gasteiger partial charge >= 0.3 is 0 Å². The van der Waals surface area contributed by atoms with Gasteiger partial charge in [0.2, 0.25) is 0 Å². The molecule has 0 bridgehead atoms. The fraction of sp³-hybridized carbons (Fsp3) is 0.143. The van der Waals surface area contributed by atoms with Crippen molar-refractivity contribution < 1.29 is 0 Å². The number of imidazole rings is 1. The standard InChI is InChI=1S/C7H6BrN3S2/c8-5-3-11-6(13-5)4-12-7-9-1-2-10-7/h1-3H,4H2,(H,9,10). The third-order valence-electron chi connectivity index (χ3n) is 1.33. The zero-order valence-corrected chi connectivity index (χ0v) is 9.75. The van der Waals surface area contributed by atoms with Crippen molar-refractivity contribution in [3.05, 3.63) is 27.4 Å². The van der Waals surface area contributed by atoms with Gasteiger partial charge in [-0.2, -0.15) is 0 Å². The number of nitrogens with zero attached hydrogens (tertiary/aromatic N) is 2. The van der Waals surface area contributed by atoms with Crippen molar-refractivity contribution in [2.45, 2.75) is 10.9 Å². The average Bonchev–Trinajstić information content (AvgIpc) is 2.71. The van der Waals surface area contributed by atoms with Gasteiger partial charge in [-0.15, -0.1) is 11.3 Å². The highest BCUT2D eigenvalue weighted by Crippen LogP contribution is 2.25. The summed E-state index contributed by atoms with van der Waals surface area (Å²) in [6.45, 7) is 0. The largest absolute Gasteiger partial charge is 0.340 e. The van der Waals surface area contributed by atoms with Crippen LogP contribution in [0.15, 0.2) is 27.5 Å². The summed E-state index contributed by atoms with van der Waals surface area (Å²) < 4.78 is 1.07. The molecular weight excluding hydrogens is 270 g/mol. The molecule has 6 heteroatoms. The molecule has 2 aromatic heterocycles. The second-order valence-electron chi connectivity index (χ2n) is 2.24. The summed E-state index contributed by atoms with van der Waals surface area (Å²) in [7, 11) is 0. The molecule has 0 fully saturated rings. The molecule has 0 spiro atoms. The van der Waals surface area contributed by atoms with Gasteiger partial charge in [0.25, 0.3) is 0 Å². The molecule has 0 aliphatic rings. The minimum Gasteiger partial charge on any atom is -0.340 e. The number of thiazole rings is 1. The summed E-state index contributed by atoms with van der Waals surface area (Å²) >= 11 is 6.68. The van der Waals surface area contributed by atoms with Crippen LogP contribution in [-0.2, 0) is 5.75 Å². The molecule has 68 valence electrons. The average molecular weight is 276 g/mol. The van der Waals surface area contributed by atoms with Gasteiger partial charge in [0, 0.05) is 12.4 Å². The lowest BCUT2D eigenvalue weighted by atomic mass is 10.8. The van der Waals surface area contributed by atoms with Gasteiger partial charge in [-0.25, -0.2) is 9.97 Å². The molecule has 0 aliphatic heterocycles. The number of rotatable bonds is 3. The van der Waals surface area contributed by atoms with Crippen LogP contribution in [0.3, 0.4) is 0 Å². The number of hydrogen-bond acceptors (Lipinski definition) is 4. The Morgan fingerprint density at radius 3 is 3.08 bits per heavy atom. The third kappa shape index (κ3) is 2.55. The zero-order valence-electron chi connectivity index (χ0n) is 6.53. The lowest BCUT2D eigenvalue weighted by molar-refractivity contribution is 1.06. The fourth-order valence-corrected chi connectivity index (χ4v) is 2.95. The molecule has 0 atom stereocenters. The molecule has 0 amide bonds. The van der Waals surface area contributed by atoms with Crippen molar-refractivity contribution in [1.29, 1.82) is 0 Å². The van der Waals surface area contributed by atoms with Crippen LogP contribution in [0.5, 0.6) is 0 Å². The number of H-pyrrole nitrogens is 1.